The van der Waals surface area contributed by atoms with Crippen LogP contribution in [0.4, 0.5) is 35.9 Å². The molecule has 0 amide bonds. The number of benzene rings is 8. The van der Waals surface area contributed by atoms with Crippen molar-refractivity contribution >= 4 is 66.4 Å². The van der Waals surface area contributed by atoms with Gasteiger partial charge in [0.05, 0.1) is 71.4 Å². The molecule has 0 aliphatic carbocycles. The molecule has 0 aliphatic heterocycles. The highest BCUT2D eigenvalue weighted by Crippen LogP contribution is 2.46. The molecule has 304 valence electrons. The zero-order valence-corrected chi connectivity index (χ0v) is 34.2. The Bertz CT molecular complexity index is 3840. The van der Waals surface area contributed by atoms with Crippen LogP contribution in [0, 0.1) is 44.5 Å². The minimum atomic E-state index is -4.63. The van der Waals surface area contributed by atoms with Crippen molar-refractivity contribution in [3.05, 3.63) is 214 Å². The van der Waals surface area contributed by atoms with Gasteiger partial charge in [0, 0.05) is 27.1 Å². The highest BCUT2D eigenvalue weighted by molar-refractivity contribution is 6.13. The molecule has 0 fully saturated rings. The van der Waals surface area contributed by atoms with Crippen molar-refractivity contribution in [1.29, 1.82) is 5.26 Å². The van der Waals surface area contributed by atoms with Crippen LogP contribution in [0.2, 0.25) is 0 Å². The Morgan fingerprint density at radius 3 is 1.51 bits per heavy atom. The fourth-order valence-corrected chi connectivity index (χ4v) is 8.97. The van der Waals surface area contributed by atoms with Crippen molar-refractivity contribution < 1.29 is 13.2 Å². The summed E-state index contributed by atoms with van der Waals surface area (Å²) in [6, 6.07) is 47.2. The van der Waals surface area contributed by atoms with Gasteiger partial charge in [-0.25, -0.2) is 19.4 Å². The smallest absolute Gasteiger partial charge is 0.308 e. The van der Waals surface area contributed by atoms with E-state index in [9.17, 15) is 18.4 Å². The average molecular weight is 844 g/mol. The molecule has 0 unspecified atom stereocenters. The van der Waals surface area contributed by atoms with Gasteiger partial charge in [-0.2, -0.15) is 18.4 Å². The molecule has 2 heterocycles. The lowest BCUT2D eigenvalue weighted by Gasteiger charge is -2.20. The summed E-state index contributed by atoms with van der Waals surface area (Å²) in [5.41, 5.74) is 8.59. The molecule has 0 radical (unpaired) electrons. The summed E-state index contributed by atoms with van der Waals surface area (Å²) in [6.45, 7) is 33.3. The Labute approximate surface area is 370 Å². The zero-order valence-electron chi connectivity index (χ0n) is 34.2. The lowest BCUT2D eigenvalue weighted by molar-refractivity contribution is -0.137. The van der Waals surface area contributed by atoms with E-state index in [0.717, 1.165) is 66.9 Å². The monoisotopic (exact) mass is 843 g/mol. The van der Waals surface area contributed by atoms with Crippen LogP contribution in [0.15, 0.2) is 152 Å². The molecule has 7 nitrogen and oxygen atoms in total. The van der Waals surface area contributed by atoms with Crippen molar-refractivity contribution in [1.82, 2.24) is 9.13 Å². The van der Waals surface area contributed by atoms with Crippen molar-refractivity contribution in [2.45, 2.75) is 13.1 Å². The van der Waals surface area contributed by atoms with E-state index in [4.69, 9.17) is 26.3 Å². The summed E-state index contributed by atoms with van der Waals surface area (Å²) >= 11 is 0. The summed E-state index contributed by atoms with van der Waals surface area (Å²) in [7, 11) is 0. The third kappa shape index (κ3) is 6.66. The standard InChI is InChI=1S/C55H28F3N7/c1-32-18-38(22-39(19-32)55(56,57)58)47-29-53(64-49-12-8-6-10-43(49)45-16-14-34(26-51(45)64)36-20-33(31-59)21-40(23-36)60-2)54(30-48(47)63-5)65-50-13-9-7-11-44(50)46-17-15-35(27-52(46)65)37-24-41(61-3)28-42(25-37)62-4/h6-30H,1H3. The lowest BCUT2D eigenvalue weighted by Crippen LogP contribution is -2.06. The second kappa shape index (κ2) is 15.2. The molecular formula is C55H28F3N7. The molecule has 0 aliphatic rings. The number of para-hydroxylation sites is 2. The Kier molecular flexibility index (Phi) is 9.29. The Balaban J connectivity index is 1.36. The first-order chi connectivity index (χ1) is 31.5. The van der Waals surface area contributed by atoms with Crippen molar-refractivity contribution in [3.8, 4) is 50.8 Å². The van der Waals surface area contributed by atoms with Gasteiger partial charge < -0.3 is 9.13 Å². The van der Waals surface area contributed by atoms with Gasteiger partial charge in [-0.15, -0.1) is 0 Å². The lowest BCUT2D eigenvalue weighted by atomic mass is 9.97. The number of aromatic nitrogens is 2. The summed E-state index contributed by atoms with van der Waals surface area (Å²) in [4.78, 5) is 14.8. The molecule has 65 heavy (non-hydrogen) atoms. The molecule has 8 aromatic carbocycles. The maximum absolute atomic E-state index is 14.4. The second-order valence-corrected chi connectivity index (χ2v) is 15.7. The summed E-state index contributed by atoms with van der Waals surface area (Å²) in [5, 5.41) is 13.4. The molecule has 2 aromatic heterocycles. The van der Waals surface area contributed by atoms with E-state index in [2.05, 4.69) is 34.6 Å². The van der Waals surface area contributed by atoms with Gasteiger partial charge in [-0.05, 0) is 113 Å². The van der Waals surface area contributed by atoms with Crippen LogP contribution in [0.3, 0.4) is 0 Å². The van der Waals surface area contributed by atoms with Crippen LogP contribution in [-0.4, -0.2) is 9.13 Å². The number of fused-ring (bicyclic) bond motifs is 6. The highest BCUT2D eigenvalue weighted by atomic mass is 19.4. The molecule has 10 rings (SSSR count). The first-order valence-electron chi connectivity index (χ1n) is 20.2. The van der Waals surface area contributed by atoms with E-state index in [1.807, 2.05) is 84.9 Å². The predicted octanol–water partition coefficient (Wildman–Crippen LogP) is 16.3. The second-order valence-electron chi connectivity index (χ2n) is 15.7. The van der Waals surface area contributed by atoms with Gasteiger partial charge in [-0.3, -0.25) is 0 Å². The maximum Gasteiger partial charge on any atom is 0.416 e. The Morgan fingerprint density at radius 1 is 0.477 bits per heavy atom. The highest BCUT2D eigenvalue weighted by Gasteiger charge is 2.32. The van der Waals surface area contributed by atoms with Gasteiger partial charge >= 0.3 is 6.18 Å². The van der Waals surface area contributed by atoms with Crippen LogP contribution in [0.5, 0.6) is 0 Å². The fourth-order valence-electron chi connectivity index (χ4n) is 8.97. The zero-order chi connectivity index (χ0) is 45.1. The quantitative estimate of drug-likeness (QED) is 0.159. The Hall–Kier alpha value is -9.40. The van der Waals surface area contributed by atoms with Crippen LogP contribution >= 0.6 is 0 Å². The SMILES string of the molecule is [C-]#[N+]c1cc(C#N)cc(-c2ccc3c4ccccc4n(-c4cc(-c5cc(C)cc(C(F)(F)F)c5)c([N+]#[C-])cc4-n4c5ccccc5c5ccc(-c6cc([N+]#[C-])cc([N+]#[C-])c6)cc54)c3c2)c1. The van der Waals surface area contributed by atoms with Gasteiger partial charge in [0.2, 0.25) is 0 Å². The summed E-state index contributed by atoms with van der Waals surface area (Å²) < 4.78 is 47.4. The largest absolute Gasteiger partial charge is 0.416 e. The molecule has 0 spiro atoms. The average Bonchev–Trinajstić information content (AvgIpc) is 3.84. The molecular weight excluding hydrogens is 816 g/mol. The summed E-state index contributed by atoms with van der Waals surface area (Å²) in [5.74, 6) is 0. The van der Waals surface area contributed by atoms with Crippen molar-refractivity contribution in [3.63, 3.8) is 0 Å². The van der Waals surface area contributed by atoms with E-state index < -0.39 is 11.7 Å². The van der Waals surface area contributed by atoms with Gasteiger partial charge in [-0.1, -0.05) is 84.9 Å². The minimum absolute atomic E-state index is 0.137. The number of aryl methyl sites for hydroxylation is 1. The summed E-state index contributed by atoms with van der Waals surface area (Å²) in [6.07, 6.45) is -4.63. The number of rotatable bonds is 5. The third-order valence-corrected chi connectivity index (χ3v) is 11.8. The van der Waals surface area contributed by atoms with E-state index in [-0.39, 0.29) is 11.3 Å². The van der Waals surface area contributed by atoms with E-state index in [0.29, 0.717) is 56.3 Å². The Morgan fingerprint density at radius 2 is 0.985 bits per heavy atom. The normalized spacial score (nSPS) is 11.3. The number of hydrogen-bond donors (Lipinski definition) is 0. The maximum atomic E-state index is 14.4. The third-order valence-electron chi connectivity index (χ3n) is 11.8. The predicted molar refractivity (Wildman–Crippen MR) is 251 cm³/mol. The van der Waals surface area contributed by atoms with Crippen LogP contribution in [0.25, 0.3) is 108 Å². The number of nitriles is 1. The molecule has 0 N–H and O–H groups in total. The number of halogens is 3. The van der Waals surface area contributed by atoms with Crippen LogP contribution in [0.1, 0.15) is 16.7 Å². The van der Waals surface area contributed by atoms with Crippen molar-refractivity contribution in [2.24, 2.45) is 0 Å². The number of nitrogens with zero attached hydrogens (tertiary/aromatic N) is 7. The molecule has 0 saturated carbocycles. The van der Waals surface area contributed by atoms with Gasteiger partial charge in [0.25, 0.3) is 0 Å². The minimum Gasteiger partial charge on any atom is -0.308 e. The van der Waals surface area contributed by atoms with Crippen LogP contribution < -0.4 is 0 Å². The first-order valence-corrected chi connectivity index (χ1v) is 20.2. The van der Waals surface area contributed by atoms with Crippen molar-refractivity contribution in [2.75, 3.05) is 0 Å². The molecule has 0 bridgehead atoms. The molecule has 0 atom stereocenters. The molecule has 0 saturated heterocycles. The molecule has 10 aromatic rings. The van der Waals surface area contributed by atoms with Crippen LogP contribution in [-0.2, 0) is 6.18 Å². The fraction of sp³-hybridized carbons (Fsp3) is 0.0364. The van der Waals surface area contributed by atoms with E-state index >= 15 is 0 Å². The molecule has 10 heteroatoms. The van der Waals surface area contributed by atoms with E-state index in [1.54, 1.807) is 55.5 Å². The first kappa shape index (κ1) is 39.7. The number of hydrogen-bond acceptors (Lipinski definition) is 1. The topological polar surface area (TPSA) is 51.1 Å². The van der Waals surface area contributed by atoms with Gasteiger partial charge in [0.15, 0.2) is 22.7 Å². The van der Waals surface area contributed by atoms with Gasteiger partial charge in [0.1, 0.15) is 0 Å². The number of alkyl halides is 3. The van der Waals surface area contributed by atoms with E-state index in [1.165, 1.54) is 6.07 Å².